The van der Waals surface area contributed by atoms with Crippen molar-refractivity contribution in [3.63, 3.8) is 0 Å². The Kier molecular flexibility index (Phi) is 9.26. The molecule has 1 fully saturated rings. The van der Waals surface area contributed by atoms with Gasteiger partial charge in [-0.1, -0.05) is 18.2 Å². The molecule has 6 nitrogen and oxygen atoms in total. The average Bonchev–Trinajstić information content (AvgIpc) is 3.12. The van der Waals surface area contributed by atoms with Gasteiger partial charge in [-0.25, -0.2) is 0 Å². The molecular weight excluding hydrogens is 479 g/mol. The molecule has 1 aromatic carbocycles. The summed E-state index contributed by atoms with van der Waals surface area (Å²) in [7, 11) is 0. The highest BCUT2D eigenvalue weighted by Crippen LogP contribution is 2.22. The third kappa shape index (κ3) is 5.87. The Morgan fingerprint density at radius 1 is 1.31 bits per heavy atom. The summed E-state index contributed by atoms with van der Waals surface area (Å²) in [4.78, 5) is 22.4. The molecule has 1 aliphatic rings. The molecule has 2 N–H and O–H groups in total. The molecule has 2 heterocycles. The van der Waals surface area contributed by atoms with Crippen molar-refractivity contribution in [1.82, 2.24) is 15.2 Å². The topological polar surface area (TPSA) is 69.7 Å². The number of carbonyl (C=O) groups excluding carboxylic acids is 1. The van der Waals surface area contributed by atoms with Crippen molar-refractivity contribution in [2.24, 2.45) is 10.9 Å². The number of aryl methyl sites for hydroxylation is 1. The summed E-state index contributed by atoms with van der Waals surface area (Å²) < 4.78 is 5.17. The number of aliphatic imine (C=N–C) groups is 1. The number of nitrogens with one attached hydrogen (secondary N) is 2. The van der Waals surface area contributed by atoms with Gasteiger partial charge in [-0.3, -0.25) is 9.79 Å². The number of H-pyrrole nitrogens is 1. The van der Waals surface area contributed by atoms with Crippen LogP contribution in [0.3, 0.4) is 0 Å². The van der Waals surface area contributed by atoms with Crippen LogP contribution in [-0.2, 0) is 16.0 Å². The number of para-hydroxylation sites is 1. The lowest BCUT2D eigenvalue weighted by Gasteiger charge is -2.33. The number of aromatic nitrogens is 1. The largest absolute Gasteiger partial charge is 0.466 e. The number of hydrogen-bond acceptors (Lipinski definition) is 3. The van der Waals surface area contributed by atoms with Crippen LogP contribution in [0, 0.1) is 12.8 Å². The fraction of sp³-hybridized carbons (Fsp3) is 0.545. The number of halogens is 1. The first-order valence-electron chi connectivity index (χ1n) is 10.4. The summed E-state index contributed by atoms with van der Waals surface area (Å²) in [6, 6.07) is 6.41. The average molecular weight is 512 g/mol. The smallest absolute Gasteiger partial charge is 0.309 e. The summed E-state index contributed by atoms with van der Waals surface area (Å²) in [5, 5.41) is 4.69. The van der Waals surface area contributed by atoms with Crippen LogP contribution in [0.1, 0.15) is 37.8 Å². The predicted molar refractivity (Wildman–Crippen MR) is 129 cm³/mol. The third-order valence-corrected chi connectivity index (χ3v) is 5.40. The van der Waals surface area contributed by atoms with Crippen molar-refractivity contribution in [2.45, 2.75) is 40.0 Å². The maximum Gasteiger partial charge on any atom is 0.309 e. The molecular formula is C22H33IN4O2. The number of rotatable bonds is 6. The van der Waals surface area contributed by atoms with E-state index in [9.17, 15) is 4.79 Å². The molecule has 0 spiro atoms. The standard InChI is InChI=1S/C22H32N4O2.HI/c1-4-23-22(26-13-10-17(11-14-26)21(27)28-5-2)24-12-9-18-15-25-20-16(3)7-6-8-19(18)20;/h6-8,15,17,25H,4-5,9-14H2,1-3H3,(H,23,24);1H. The number of likely N-dealkylation sites (tertiary alicyclic amines) is 1. The molecule has 1 aromatic heterocycles. The molecule has 3 rings (SSSR count). The number of nitrogens with zero attached hydrogens (tertiary/aromatic N) is 2. The lowest BCUT2D eigenvalue weighted by Crippen LogP contribution is -2.46. The van der Waals surface area contributed by atoms with Crippen LogP contribution in [0.25, 0.3) is 10.9 Å². The van der Waals surface area contributed by atoms with Crippen molar-refractivity contribution in [1.29, 1.82) is 0 Å². The second kappa shape index (κ2) is 11.4. The zero-order chi connectivity index (χ0) is 19.9. The number of hydrogen-bond donors (Lipinski definition) is 2. The second-order valence-corrected chi connectivity index (χ2v) is 7.31. The molecule has 160 valence electrons. The van der Waals surface area contributed by atoms with Crippen LogP contribution in [0.15, 0.2) is 29.4 Å². The van der Waals surface area contributed by atoms with Crippen molar-refractivity contribution in [3.8, 4) is 0 Å². The number of piperidine rings is 1. The lowest BCUT2D eigenvalue weighted by molar-refractivity contribution is -0.149. The molecule has 7 heteroatoms. The maximum atomic E-state index is 11.9. The molecule has 0 atom stereocenters. The van der Waals surface area contributed by atoms with E-state index < -0.39 is 0 Å². The molecule has 0 bridgehead atoms. The Morgan fingerprint density at radius 2 is 2.07 bits per heavy atom. The SMILES string of the molecule is CCNC(=NCCc1c[nH]c2c(C)cccc12)N1CCC(C(=O)OCC)CC1.I. The van der Waals surface area contributed by atoms with Gasteiger partial charge in [0.25, 0.3) is 0 Å². The predicted octanol–water partition coefficient (Wildman–Crippen LogP) is 3.88. The number of aromatic amines is 1. The molecule has 0 saturated carbocycles. The first-order chi connectivity index (χ1) is 13.6. The van der Waals surface area contributed by atoms with Crippen LogP contribution in [-0.4, -0.2) is 54.6 Å². The van der Waals surface area contributed by atoms with Gasteiger partial charge in [-0.2, -0.15) is 0 Å². The molecule has 1 saturated heterocycles. The van der Waals surface area contributed by atoms with Crippen molar-refractivity contribution in [2.75, 3.05) is 32.8 Å². The minimum absolute atomic E-state index is 0. The number of fused-ring (bicyclic) bond motifs is 1. The van der Waals surface area contributed by atoms with E-state index in [-0.39, 0.29) is 35.9 Å². The van der Waals surface area contributed by atoms with Crippen LogP contribution in [0.4, 0.5) is 0 Å². The summed E-state index contributed by atoms with van der Waals surface area (Å²) in [6.45, 7) is 9.77. The Hall–Kier alpha value is -1.77. The van der Waals surface area contributed by atoms with E-state index in [1.807, 2.05) is 6.92 Å². The Balaban J connectivity index is 0.00000300. The van der Waals surface area contributed by atoms with E-state index in [1.165, 1.54) is 22.0 Å². The molecule has 1 aliphatic heterocycles. The molecule has 2 aromatic rings. The van der Waals surface area contributed by atoms with Gasteiger partial charge in [-0.05, 0) is 51.2 Å². The second-order valence-electron chi connectivity index (χ2n) is 7.31. The van der Waals surface area contributed by atoms with Crippen LogP contribution in [0.2, 0.25) is 0 Å². The van der Waals surface area contributed by atoms with E-state index in [0.29, 0.717) is 6.61 Å². The van der Waals surface area contributed by atoms with Gasteiger partial charge < -0.3 is 19.9 Å². The van der Waals surface area contributed by atoms with Gasteiger partial charge in [0.05, 0.1) is 12.5 Å². The Labute approximate surface area is 190 Å². The number of benzene rings is 1. The first-order valence-corrected chi connectivity index (χ1v) is 10.4. The van der Waals surface area contributed by atoms with E-state index in [1.54, 1.807) is 0 Å². The maximum absolute atomic E-state index is 11.9. The summed E-state index contributed by atoms with van der Waals surface area (Å²) in [6.07, 6.45) is 4.65. The van der Waals surface area contributed by atoms with Gasteiger partial charge in [0.15, 0.2) is 5.96 Å². The minimum Gasteiger partial charge on any atom is -0.466 e. The van der Waals surface area contributed by atoms with E-state index in [2.05, 4.69) is 53.4 Å². The zero-order valence-corrected chi connectivity index (χ0v) is 20.0. The van der Waals surface area contributed by atoms with Gasteiger partial charge in [-0.15, -0.1) is 24.0 Å². The molecule has 0 unspecified atom stereocenters. The highest BCUT2D eigenvalue weighted by atomic mass is 127. The number of carbonyl (C=O) groups is 1. The molecule has 0 amide bonds. The fourth-order valence-corrected chi connectivity index (χ4v) is 3.87. The van der Waals surface area contributed by atoms with Crippen LogP contribution in [0.5, 0.6) is 0 Å². The molecule has 0 aliphatic carbocycles. The Morgan fingerprint density at radius 3 is 2.76 bits per heavy atom. The highest BCUT2D eigenvalue weighted by Gasteiger charge is 2.27. The van der Waals surface area contributed by atoms with Crippen molar-refractivity contribution in [3.05, 3.63) is 35.5 Å². The molecule has 0 radical (unpaired) electrons. The Bertz CT molecular complexity index is 825. The quantitative estimate of drug-likeness (QED) is 0.267. The minimum atomic E-state index is -0.0567. The normalized spacial score (nSPS) is 15.3. The number of guanidine groups is 1. The number of esters is 1. The van der Waals surface area contributed by atoms with Gasteiger partial charge >= 0.3 is 5.97 Å². The fourth-order valence-electron chi connectivity index (χ4n) is 3.87. The van der Waals surface area contributed by atoms with Gasteiger partial charge in [0.1, 0.15) is 0 Å². The molecule has 29 heavy (non-hydrogen) atoms. The zero-order valence-electron chi connectivity index (χ0n) is 17.7. The van der Waals surface area contributed by atoms with Gasteiger partial charge in [0, 0.05) is 43.3 Å². The van der Waals surface area contributed by atoms with E-state index >= 15 is 0 Å². The number of ether oxygens (including phenoxy) is 1. The lowest BCUT2D eigenvalue weighted by atomic mass is 9.97. The van der Waals surface area contributed by atoms with Crippen LogP contribution >= 0.6 is 24.0 Å². The van der Waals surface area contributed by atoms with Crippen LogP contribution < -0.4 is 5.32 Å². The summed E-state index contributed by atoms with van der Waals surface area (Å²) in [5.74, 6) is 0.910. The van der Waals surface area contributed by atoms with E-state index in [4.69, 9.17) is 9.73 Å². The van der Waals surface area contributed by atoms with Gasteiger partial charge in [0.2, 0.25) is 0 Å². The van der Waals surface area contributed by atoms with Crippen molar-refractivity contribution >= 4 is 46.8 Å². The van der Waals surface area contributed by atoms with Crippen molar-refractivity contribution < 1.29 is 9.53 Å². The monoisotopic (exact) mass is 512 g/mol. The van der Waals surface area contributed by atoms with E-state index in [0.717, 1.165) is 51.4 Å². The summed E-state index contributed by atoms with van der Waals surface area (Å²) in [5.41, 5.74) is 3.79. The highest BCUT2D eigenvalue weighted by molar-refractivity contribution is 14.0. The third-order valence-electron chi connectivity index (χ3n) is 5.40. The summed E-state index contributed by atoms with van der Waals surface area (Å²) >= 11 is 0. The first kappa shape index (κ1) is 23.5.